The van der Waals surface area contributed by atoms with Crippen molar-refractivity contribution in [2.75, 3.05) is 50.7 Å². The normalized spacial score (nSPS) is 18.0. The monoisotopic (exact) mass is 359 g/mol. The molecule has 0 atom stereocenters. The van der Waals surface area contributed by atoms with Gasteiger partial charge in [-0.25, -0.2) is 0 Å². The van der Waals surface area contributed by atoms with Gasteiger partial charge in [0.15, 0.2) is 5.96 Å². The summed E-state index contributed by atoms with van der Waals surface area (Å²) in [5, 5.41) is 16.3. The average Bonchev–Trinajstić information content (AvgIpc) is 3.50. The van der Waals surface area contributed by atoms with Crippen LogP contribution in [0.5, 0.6) is 5.75 Å². The third-order valence-electron chi connectivity index (χ3n) is 4.76. The van der Waals surface area contributed by atoms with Gasteiger partial charge in [0.2, 0.25) is 5.91 Å². The van der Waals surface area contributed by atoms with Gasteiger partial charge in [-0.2, -0.15) is 0 Å². The molecule has 0 radical (unpaired) electrons. The summed E-state index contributed by atoms with van der Waals surface area (Å²) in [7, 11) is 0. The first-order valence-electron chi connectivity index (χ1n) is 9.53. The molecule has 1 amide bonds. The number of carbonyl (C=O) groups is 1. The van der Waals surface area contributed by atoms with Crippen molar-refractivity contribution in [2.24, 2.45) is 10.9 Å². The smallest absolute Gasteiger partial charge is 0.223 e. The number of rotatable bonds is 6. The predicted molar refractivity (Wildman–Crippen MR) is 104 cm³/mol. The van der Waals surface area contributed by atoms with Crippen molar-refractivity contribution >= 4 is 17.6 Å². The number of nitrogens with one attached hydrogen (secondary N) is 2. The van der Waals surface area contributed by atoms with Gasteiger partial charge in [-0.15, -0.1) is 0 Å². The summed E-state index contributed by atoms with van der Waals surface area (Å²) < 4.78 is 0. The third kappa shape index (κ3) is 4.80. The van der Waals surface area contributed by atoms with E-state index >= 15 is 0 Å². The molecule has 0 spiro atoms. The zero-order chi connectivity index (χ0) is 18.4. The molecular formula is C19H29N5O2. The molecule has 2 aliphatic rings. The molecule has 1 aromatic rings. The van der Waals surface area contributed by atoms with Gasteiger partial charge < -0.3 is 25.5 Å². The molecule has 1 aliphatic carbocycles. The lowest BCUT2D eigenvalue weighted by atomic mass is 10.2. The minimum Gasteiger partial charge on any atom is -0.506 e. The van der Waals surface area contributed by atoms with E-state index in [1.165, 1.54) is 0 Å². The number of nitrogens with zero attached hydrogens (tertiary/aromatic N) is 3. The fourth-order valence-electron chi connectivity index (χ4n) is 3.15. The fraction of sp³-hybridized carbons (Fsp3) is 0.579. The summed E-state index contributed by atoms with van der Waals surface area (Å²) in [6.45, 7) is 7.39. The number of aliphatic imine (C=N–C) groups is 1. The van der Waals surface area contributed by atoms with Crippen molar-refractivity contribution < 1.29 is 9.90 Å². The first-order chi connectivity index (χ1) is 12.7. The molecule has 0 aromatic heterocycles. The van der Waals surface area contributed by atoms with Gasteiger partial charge in [0, 0.05) is 45.2 Å². The average molecular weight is 359 g/mol. The van der Waals surface area contributed by atoms with E-state index in [0.717, 1.165) is 57.2 Å². The molecule has 0 unspecified atom stereocenters. The maximum absolute atomic E-state index is 11.7. The van der Waals surface area contributed by atoms with Gasteiger partial charge in [-0.1, -0.05) is 12.1 Å². The first kappa shape index (κ1) is 18.4. The Bertz CT molecular complexity index is 637. The van der Waals surface area contributed by atoms with E-state index < -0.39 is 0 Å². The van der Waals surface area contributed by atoms with Crippen LogP contribution >= 0.6 is 0 Å². The summed E-state index contributed by atoms with van der Waals surface area (Å²) >= 11 is 0. The van der Waals surface area contributed by atoms with Crippen molar-refractivity contribution in [3.8, 4) is 5.75 Å². The number of phenolic OH excluding ortho intramolecular Hbond substituents is 1. The van der Waals surface area contributed by atoms with Gasteiger partial charge in [0.1, 0.15) is 5.75 Å². The zero-order valence-electron chi connectivity index (χ0n) is 15.4. The largest absolute Gasteiger partial charge is 0.506 e. The number of phenols is 1. The van der Waals surface area contributed by atoms with Crippen molar-refractivity contribution in [2.45, 2.75) is 19.8 Å². The number of benzene rings is 1. The van der Waals surface area contributed by atoms with Crippen molar-refractivity contribution in [1.82, 2.24) is 15.5 Å². The van der Waals surface area contributed by atoms with Crippen LogP contribution in [0, 0.1) is 5.92 Å². The van der Waals surface area contributed by atoms with Crippen LogP contribution < -0.4 is 15.5 Å². The van der Waals surface area contributed by atoms with E-state index in [2.05, 4.69) is 32.3 Å². The second-order valence-corrected chi connectivity index (χ2v) is 6.76. The maximum atomic E-state index is 11.7. The molecule has 2 fully saturated rings. The number of amides is 1. The molecule has 1 aliphatic heterocycles. The van der Waals surface area contributed by atoms with Crippen LogP contribution in [-0.2, 0) is 4.79 Å². The summed E-state index contributed by atoms with van der Waals surface area (Å²) in [6, 6.07) is 7.46. The van der Waals surface area contributed by atoms with Gasteiger partial charge in [0.05, 0.1) is 12.2 Å². The number of carbonyl (C=O) groups excluding carboxylic acids is 1. The SMILES string of the molecule is CCNC(=NCCNC(=O)C1CC1)N1CCN(c2ccccc2O)CC1. The Morgan fingerprint density at radius 3 is 2.58 bits per heavy atom. The second kappa shape index (κ2) is 8.78. The van der Waals surface area contributed by atoms with Crippen molar-refractivity contribution in [3.63, 3.8) is 0 Å². The lowest BCUT2D eigenvalue weighted by Gasteiger charge is -2.37. The highest BCUT2D eigenvalue weighted by Crippen LogP contribution is 2.28. The Hall–Kier alpha value is -2.44. The predicted octanol–water partition coefficient (Wildman–Crippen LogP) is 1.01. The minimum atomic E-state index is 0.168. The van der Waals surface area contributed by atoms with E-state index in [4.69, 9.17) is 0 Å². The Labute approximate surface area is 155 Å². The van der Waals surface area contributed by atoms with Crippen LogP contribution in [0.2, 0.25) is 0 Å². The maximum Gasteiger partial charge on any atom is 0.223 e. The third-order valence-corrected chi connectivity index (χ3v) is 4.76. The van der Waals surface area contributed by atoms with Crippen LogP contribution in [0.15, 0.2) is 29.3 Å². The van der Waals surface area contributed by atoms with E-state index in [9.17, 15) is 9.90 Å². The quantitative estimate of drug-likeness (QED) is 0.401. The molecular weight excluding hydrogens is 330 g/mol. The number of hydrogen-bond acceptors (Lipinski definition) is 4. The van der Waals surface area contributed by atoms with E-state index in [0.29, 0.717) is 18.8 Å². The molecule has 142 valence electrons. The highest BCUT2D eigenvalue weighted by Gasteiger charge is 2.29. The zero-order valence-corrected chi connectivity index (χ0v) is 15.4. The molecule has 1 saturated heterocycles. The highest BCUT2D eigenvalue weighted by molar-refractivity contribution is 5.81. The molecule has 7 nitrogen and oxygen atoms in total. The molecule has 1 saturated carbocycles. The number of para-hydroxylation sites is 2. The number of piperazine rings is 1. The molecule has 0 bridgehead atoms. The van der Waals surface area contributed by atoms with E-state index in [-0.39, 0.29) is 11.8 Å². The van der Waals surface area contributed by atoms with Crippen molar-refractivity contribution in [3.05, 3.63) is 24.3 Å². The van der Waals surface area contributed by atoms with Gasteiger partial charge in [0.25, 0.3) is 0 Å². The van der Waals surface area contributed by atoms with Crippen molar-refractivity contribution in [1.29, 1.82) is 0 Å². The molecule has 7 heteroatoms. The van der Waals surface area contributed by atoms with E-state index in [1.54, 1.807) is 6.07 Å². The lowest BCUT2D eigenvalue weighted by Crippen LogP contribution is -2.52. The molecule has 26 heavy (non-hydrogen) atoms. The van der Waals surface area contributed by atoms with Gasteiger partial charge in [-0.05, 0) is 31.9 Å². The molecule has 3 N–H and O–H groups in total. The Morgan fingerprint density at radius 1 is 1.19 bits per heavy atom. The van der Waals surface area contributed by atoms with E-state index in [1.807, 2.05) is 18.2 Å². The molecule has 3 rings (SSSR count). The topological polar surface area (TPSA) is 80.2 Å². The number of anilines is 1. The Kier molecular flexibility index (Phi) is 6.20. The fourth-order valence-corrected chi connectivity index (χ4v) is 3.15. The number of hydrogen-bond donors (Lipinski definition) is 3. The lowest BCUT2D eigenvalue weighted by molar-refractivity contribution is -0.122. The van der Waals surface area contributed by atoms with Crippen LogP contribution in [0.4, 0.5) is 5.69 Å². The van der Waals surface area contributed by atoms with Crippen LogP contribution in [0.1, 0.15) is 19.8 Å². The summed E-state index contributed by atoms with van der Waals surface area (Å²) in [5.74, 6) is 1.63. The van der Waals surface area contributed by atoms with Crippen LogP contribution in [0.25, 0.3) is 0 Å². The van der Waals surface area contributed by atoms with Crippen LogP contribution in [-0.4, -0.2) is 67.7 Å². The first-order valence-corrected chi connectivity index (χ1v) is 9.53. The molecule has 1 heterocycles. The highest BCUT2D eigenvalue weighted by atomic mass is 16.3. The molecule has 1 aromatic carbocycles. The summed E-state index contributed by atoms with van der Waals surface area (Å²) in [4.78, 5) is 20.8. The second-order valence-electron chi connectivity index (χ2n) is 6.76. The summed E-state index contributed by atoms with van der Waals surface area (Å²) in [6.07, 6.45) is 2.05. The van der Waals surface area contributed by atoms with Gasteiger partial charge in [-0.3, -0.25) is 9.79 Å². The minimum absolute atomic E-state index is 0.168. The Morgan fingerprint density at radius 2 is 1.92 bits per heavy atom. The standard InChI is InChI=1S/C19H29N5O2/c1-2-20-19(22-10-9-21-18(26)15-7-8-15)24-13-11-23(12-14-24)16-5-3-4-6-17(16)25/h3-6,15,25H,2,7-14H2,1H3,(H,20,22)(H,21,26). The van der Waals surface area contributed by atoms with Gasteiger partial charge >= 0.3 is 0 Å². The Balaban J connectivity index is 1.50. The van der Waals surface area contributed by atoms with Crippen LogP contribution in [0.3, 0.4) is 0 Å². The number of guanidine groups is 1. The summed E-state index contributed by atoms with van der Waals surface area (Å²) in [5.41, 5.74) is 0.886. The number of aromatic hydroxyl groups is 1.